The van der Waals surface area contributed by atoms with Crippen molar-refractivity contribution in [1.82, 2.24) is 5.32 Å². The summed E-state index contributed by atoms with van der Waals surface area (Å²) in [7, 11) is -3.17. The lowest BCUT2D eigenvalue weighted by atomic mass is 10.3. The second-order valence-corrected chi connectivity index (χ2v) is 6.15. The Bertz CT molecular complexity index is 593. The molecular weight excluding hydrogens is 274 g/mol. The van der Waals surface area contributed by atoms with E-state index in [2.05, 4.69) is 21.7 Å². The Hall–Kier alpha value is -1.53. The Kier molecular flexibility index (Phi) is 3.58. The molecule has 1 aliphatic heterocycles. The summed E-state index contributed by atoms with van der Waals surface area (Å²) in [5.41, 5.74) is 0.285. The van der Waals surface area contributed by atoms with Gasteiger partial charge in [0, 0.05) is 18.0 Å². The molecule has 0 saturated carbocycles. The van der Waals surface area contributed by atoms with Crippen LogP contribution in [0, 0.1) is 6.08 Å². The van der Waals surface area contributed by atoms with Crippen molar-refractivity contribution < 1.29 is 8.42 Å². The predicted molar refractivity (Wildman–Crippen MR) is 71.2 cm³/mol. The predicted octanol–water partition coefficient (Wildman–Crippen LogP) is 1.34. The molecule has 18 heavy (non-hydrogen) atoms. The van der Waals surface area contributed by atoms with Gasteiger partial charge in [-0.15, -0.1) is 0 Å². The zero-order valence-corrected chi connectivity index (χ0v) is 11.1. The molecular formula is C11H11ClN3O2S. The van der Waals surface area contributed by atoms with Crippen LogP contribution >= 0.6 is 11.6 Å². The fourth-order valence-corrected chi connectivity index (χ4v) is 2.15. The molecule has 0 bridgehead atoms. The zero-order chi connectivity index (χ0) is 13.2. The van der Waals surface area contributed by atoms with Crippen LogP contribution in [0.3, 0.4) is 0 Å². The third kappa shape index (κ3) is 3.24. The van der Waals surface area contributed by atoms with Crippen molar-refractivity contribution in [3.05, 3.63) is 36.2 Å². The van der Waals surface area contributed by atoms with E-state index in [0.29, 0.717) is 11.5 Å². The molecule has 0 spiro atoms. The number of halogens is 1. The summed E-state index contributed by atoms with van der Waals surface area (Å²) < 4.78 is 22.6. The molecule has 0 saturated heterocycles. The first kappa shape index (κ1) is 12.9. The molecule has 95 valence electrons. The quantitative estimate of drug-likeness (QED) is 0.649. The Labute approximate surface area is 110 Å². The highest BCUT2D eigenvalue weighted by Crippen LogP contribution is 2.16. The van der Waals surface area contributed by atoms with E-state index in [1.165, 1.54) is 24.7 Å². The lowest BCUT2D eigenvalue weighted by Crippen LogP contribution is -2.25. The largest absolute Gasteiger partial charge is 0.356 e. The van der Waals surface area contributed by atoms with E-state index in [4.69, 9.17) is 11.6 Å². The molecule has 0 amide bonds. The Morgan fingerprint density at radius 1 is 1.39 bits per heavy atom. The van der Waals surface area contributed by atoms with Crippen molar-refractivity contribution in [2.75, 3.05) is 11.6 Å². The monoisotopic (exact) mass is 284 g/mol. The minimum Gasteiger partial charge on any atom is -0.356 e. The summed E-state index contributed by atoms with van der Waals surface area (Å²) in [6.07, 6.45) is 5.49. The van der Waals surface area contributed by atoms with Crippen molar-refractivity contribution >= 4 is 33.5 Å². The molecule has 1 radical (unpaired) electrons. The third-order valence-corrected chi connectivity index (χ3v) is 3.59. The first-order valence-corrected chi connectivity index (χ1v) is 7.41. The SMILES string of the molecule is CS(=O)(=O)c1ccc(NC2=[C]C(Cl)NC=N2)cc1. The van der Waals surface area contributed by atoms with Crippen LogP contribution < -0.4 is 10.6 Å². The van der Waals surface area contributed by atoms with Crippen LogP contribution in [-0.2, 0) is 9.84 Å². The highest BCUT2D eigenvalue weighted by molar-refractivity contribution is 7.90. The number of nitrogens with zero attached hydrogens (tertiary/aromatic N) is 1. The van der Waals surface area contributed by atoms with Gasteiger partial charge in [0.1, 0.15) is 11.3 Å². The van der Waals surface area contributed by atoms with E-state index < -0.39 is 15.3 Å². The fourth-order valence-electron chi connectivity index (χ4n) is 1.36. The van der Waals surface area contributed by atoms with Crippen LogP contribution in [0.15, 0.2) is 40.0 Å². The average molecular weight is 285 g/mol. The first-order valence-electron chi connectivity index (χ1n) is 5.08. The maximum absolute atomic E-state index is 11.3. The first-order chi connectivity index (χ1) is 8.45. The van der Waals surface area contributed by atoms with Crippen LogP contribution in [0.5, 0.6) is 0 Å². The van der Waals surface area contributed by atoms with Gasteiger partial charge in [-0.25, -0.2) is 13.4 Å². The number of anilines is 1. The fraction of sp³-hybridized carbons (Fsp3) is 0.182. The summed E-state index contributed by atoms with van der Waals surface area (Å²) in [6, 6.07) is 6.38. The van der Waals surface area contributed by atoms with Gasteiger partial charge in [-0.05, 0) is 24.3 Å². The van der Waals surface area contributed by atoms with Crippen LogP contribution in [0.25, 0.3) is 0 Å². The zero-order valence-electron chi connectivity index (χ0n) is 9.51. The topological polar surface area (TPSA) is 70.6 Å². The average Bonchev–Trinajstić information content (AvgIpc) is 2.28. The minimum absolute atomic E-state index is 0.273. The molecule has 0 aromatic heterocycles. The Morgan fingerprint density at radius 2 is 2.06 bits per heavy atom. The van der Waals surface area contributed by atoms with E-state index in [-0.39, 0.29) is 4.90 Å². The molecule has 1 aromatic rings. The third-order valence-electron chi connectivity index (χ3n) is 2.22. The molecule has 1 aromatic carbocycles. The number of rotatable bonds is 3. The van der Waals surface area contributed by atoms with E-state index >= 15 is 0 Å². The summed E-state index contributed by atoms with van der Waals surface area (Å²) >= 11 is 5.81. The van der Waals surface area contributed by atoms with Gasteiger partial charge < -0.3 is 10.6 Å². The maximum atomic E-state index is 11.3. The van der Waals surface area contributed by atoms with E-state index in [9.17, 15) is 8.42 Å². The molecule has 5 nitrogen and oxygen atoms in total. The lowest BCUT2D eigenvalue weighted by Gasteiger charge is -2.13. The molecule has 0 fully saturated rings. The summed E-state index contributed by atoms with van der Waals surface area (Å²) in [5.74, 6) is 0.487. The number of aliphatic imine (C=N–C) groups is 1. The molecule has 1 atom stereocenters. The molecule has 1 unspecified atom stereocenters. The standard InChI is InChI=1S/C11H11ClN3O2S/c1-18(16,17)9-4-2-8(3-5-9)15-11-6-10(12)13-7-14-11/h2-5,7,10,15H,1H3,(H,13,14). The molecule has 7 heteroatoms. The van der Waals surface area contributed by atoms with Crippen LogP contribution in [-0.4, -0.2) is 26.5 Å². The van der Waals surface area contributed by atoms with Gasteiger partial charge in [0.2, 0.25) is 0 Å². The number of benzene rings is 1. The highest BCUT2D eigenvalue weighted by atomic mass is 35.5. The molecule has 2 N–H and O–H groups in total. The van der Waals surface area contributed by atoms with E-state index in [0.717, 1.165) is 0 Å². The highest BCUT2D eigenvalue weighted by Gasteiger charge is 2.09. The normalized spacial score (nSPS) is 19.0. The van der Waals surface area contributed by atoms with Crippen molar-refractivity contribution in [2.24, 2.45) is 4.99 Å². The van der Waals surface area contributed by atoms with Crippen molar-refractivity contribution in [2.45, 2.75) is 10.4 Å². The summed E-state index contributed by atoms with van der Waals surface area (Å²) in [5, 5.41) is 5.73. The summed E-state index contributed by atoms with van der Waals surface area (Å²) in [4.78, 5) is 4.28. The van der Waals surface area contributed by atoms with Crippen LogP contribution in [0.1, 0.15) is 0 Å². The number of nitrogens with one attached hydrogen (secondary N) is 2. The van der Waals surface area contributed by atoms with Gasteiger partial charge in [0.25, 0.3) is 0 Å². The summed E-state index contributed by atoms with van der Waals surface area (Å²) in [6.45, 7) is 0. The van der Waals surface area contributed by atoms with Crippen molar-refractivity contribution in [3.63, 3.8) is 0 Å². The van der Waals surface area contributed by atoms with Gasteiger partial charge in [0.05, 0.1) is 11.2 Å². The van der Waals surface area contributed by atoms with Gasteiger partial charge in [-0.2, -0.15) is 0 Å². The number of hydrogen-bond acceptors (Lipinski definition) is 5. The minimum atomic E-state index is -3.17. The maximum Gasteiger partial charge on any atom is 0.175 e. The molecule has 0 aliphatic carbocycles. The lowest BCUT2D eigenvalue weighted by molar-refractivity contribution is 0.602. The molecule has 2 rings (SSSR count). The number of alkyl halides is 1. The van der Waals surface area contributed by atoms with Gasteiger partial charge in [-0.3, -0.25) is 0 Å². The number of sulfone groups is 1. The second kappa shape index (κ2) is 4.99. The Morgan fingerprint density at radius 3 is 2.61 bits per heavy atom. The van der Waals surface area contributed by atoms with Gasteiger partial charge in [0.15, 0.2) is 9.84 Å². The van der Waals surface area contributed by atoms with E-state index in [1.807, 2.05) is 0 Å². The second-order valence-electron chi connectivity index (χ2n) is 3.70. The van der Waals surface area contributed by atoms with Gasteiger partial charge >= 0.3 is 0 Å². The Balaban J connectivity index is 2.14. The molecule has 1 aliphatic rings. The van der Waals surface area contributed by atoms with Gasteiger partial charge in [-0.1, -0.05) is 11.6 Å². The van der Waals surface area contributed by atoms with Crippen LogP contribution in [0.4, 0.5) is 5.69 Å². The van der Waals surface area contributed by atoms with Crippen molar-refractivity contribution in [1.29, 1.82) is 0 Å². The van der Waals surface area contributed by atoms with E-state index in [1.54, 1.807) is 12.1 Å². The van der Waals surface area contributed by atoms with Crippen LogP contribution in [0.2, 0.25) is 0 Å². The van der Waals surface area contributed by atoms with Crippen molar-refractivity contribution in [3.8, 4) is 0 Å². The number of hydrogen-bond donors (Lipinski definition) is 2. The molecule has 1 heterocycles. The smallest absolute Gasteiger partial charge is 0.175 e.